The highest BCUT2D eigenvalue weighted by Gasteiger charge is 2.51. The number of fused-ring (bicyclic) bond motifs is 1. The number of halogens is 3. The van der Waals surface area contributed by atoms with Gasteiger partial charge in [-0.25, -0.2) is 34.9 Å². The van der Waals surface area contributed by atoms with Gasteiger partial charge in [-0.2, -0.15) is 53.5 Å². The number of likely N-dealkylation sites (N-methyl/N-ethyl adjacent to an activating group) is 3. The van der Waals surface area contributed by atoms with Crippen molar-refractivity contribution in [2.75, 3.05) is 65.7 Å². The monoisotopic (exact) mass is 1910 g/mol. The summed E-state index contributed by atoms with van der Waals surface area (Å²) in [7, 11) is 8.38. The predicted octanol–water partition coefficient (Wildman–Crippen LogP) is 14.5. The normalized spacial score (nSPS) is 16.1. The first-order valence-electron chi connectivity index (χ1n) is 46.4. The van der Waals surface area contributed by atoms with E-state index < -0.39 is 28.4 Å². The van der Waals surface area contributed by atoms with Crippen LogP contribution in [0.15, 0.2) is 220 Å². The minimum absolute atomic E-state index is 0.0420. The summed E-state index contributed by atoms with van der Waals surface area (Å²) >= 11 is 0. The molecule has 14 heterocycles. The number of benzene rings is 4. The van der Waals surface area contributed by atoms with Gasteiger partial charge in [0.15, 0.2) is 28.9 Å². The highest BCUT2D eigenvalue weighted by Crippen LogP contribution is 2.54. The van der Waals surface area contributed by atoms with Gasteiger partial charge in [0.1, 0.15) is 31.0 Å². The van der Waals surface area contributed by atoms with Crippen LogP contribution in [-0.4, -0.2) is 196 Å². The van der Waals surface area contributed by atoms with Crippen LogP contribution in [0.1, 0.15) is 149 Å². The fraction of sp³-hybridized carbons (Fsp3) is 0.340. The van der Waals surface area contributed by atoms with Crippen molar-refractivity contribution >= 4 is 46.6 Å². The van der Waals surface area contributed by atoms with E-state index in [0.717, 1.165) is 124 Å². The molecule has 17 aromatic rings. The number of H-pyrrole nitrogens is 1. The minimum atomic E-state index is -4.59. The molecule has 5 fully saturated rings. The van der Waals surface area contributed by atoms with Crippen molar-refractivity contribution in [2.45, 2.75) is 145 Å². The second-order valence-corrected chi connectivity index (χ2v) is 37.3. The standard InChI is InChI=1S/C26H26F3N7O2.C26H26N8O2.C24H26N8O2.C24H25N7O2/c1-25(19-8-9-19,24-33-23(38-34-24)17-12-32-36(13-17)14-21(37)35(2)3)18-6-4-15(5-7-18)16-10-20(26(27,28)29)22(30)31-11-16;1-26(19-8-9-19,18-6-4-16(5-7-18)21-13-28-23-20(30-21)10-11-27-23)25-31-24(36-32-25)17-12-29-34(14-17)15-22(35)33(2)3;1-24(18-4-3-5-18,19-8-6-15(7-9-19)16-10-27-23(25)28-11-16)22-30-21(34-31-22)17-12-29-32(13-17)14-20(33)26-2;1-24(18-3-2-4-18,19-7-5-15(6-8-19)16-9-26-23(25)27-10-16)22-29-21(33-30-22)17-11-28-31(12-17)20-13-32-14-20/h4-7,10-13,19H,8-9,14H2,1-3H3,(H2,30,31);4-7,10-14,19H,8-9,15H2,1-3H3,(H,27,28);6-13,18H,3-5,14H2,1-2H3,(H,26,33)(H2,25,27,28);5-12,18,20H,2-4,13-14H2,1H3,(H2,25,26,27). The van der Waals surface area contributed by atoms with E-state index >= 15 is 0 Å². The number of pyridine rings is 1. The molecule has 1 saturated heterocycles. The lowest BCUT2D eigenvalue weighted by Crippen LogP contribution is -2.38. The van der Waals surface area contributed by atoms with Crippen LogP contribution in [0, 0.1) is 23.7 Å². The van der Waals surface area contributed by atoms with Crippen LogP contribution < -0.4 is 22.5 Å². The molecule has 3 amide bonds. The summed E-state index contributed by atoms with van der Waals surface area (Å²) in [5.74, 6) is 5.39. The lowest BCUT2D eigenvalue weighted by atomic mass is 9.62. The Balaban J connectivity index is 0.000000120. The lowest BCUT2D eigenvalue weighted by Gasteiger charge is -2.41. The molecule has 41 heteroatoms. The summed E-state index contributed by atoms with van der Waals surface area (Å²) in [5.41, 5.74) is 29.4. The quantitative estimate of drug-likeness (QED) is 0.0319. The molecule has 4 aliphatic carbocycles. The maximum atomic E-state index is 13.3. The zero-order valence-corrected chi connectivity index (χ0v) is 78.9. The number of nitrogens with one attached hydrogen (secondary N) is 2. The number of nitrogens with zero attached hydrogens (tertiary/aromatic N) is 25. The third-order valence-corrected chi connectivity index (χ3v) is 27.9. The maximum absolute atomic E-state index is 13.3. The van der Waals surface area contributed by atoms with Crippen LogP contribution in [0.3, 0.4) is 0 Å². The topological polar surface area (TPSA) is 490 Å². The smallest absolute Gasteiger partial charge is 0.383 e. The first-order valence-corrected chi connectivity index (χ1v) is 46.4. The van der Waals surface area contributed by atoms with E-state index in [1.54, 1.807) is 131 Å². The number of aromatic nitrogens is 24. The minimum Gasteiger partial charge on any atom is -0.383 e. The van der Waals surface area contributed by atoms with Gasteiger partial charge < -0.3 is 60.1 Å². The number of nitrogen functional groups attached to an aromatic ring is 3. The number of anilines is 3. The Morgan fingerprint density at radius 2 is 0.780 bits per heavy atom. The van der Waals surface area contributed by atoms with Gasteiger partial charge in [-0.15, -0.1) is 0 Å². The molecule has 0 radical (unpaired) electrons. The molecule has 1 aliphatic heterocycles. The van der Waals surface area contributed by atoms with Crippen LogP contribution in [-0.2, 0) is 66.6 Å². The number of carbonyl (C=O) groups is 3. The number of hydrogen-bond donors (Lipinski definition) is 5. The van der Waals surface area contributed by atoms with Gasteiger partial charge >= 0.3 is 6.18 Å². The average Bonchev–Trinajstić information content (AvgIpc) is 1.66. The molecule has 13 aromatic heterocycles. The van der Waals surface area contributed by atoms with E-state index in [0.29, 0.717) is 106 Å². The molecule has 4 unspecified atom stereocenters. The number of rotatable bonds is 27. The zero-order chi connectivity index (χ0) is 98.2. The molecular formula is C100H103F3N30O8. The molecule has 0 bridgehead atoms. The Labute approximate surface area is 806 Å². The second-order valence-electron chi connectivity index (χ2n) is 37.3. The van der Waals surface area contributed by atoms with Crippen LogP contribution >= 0.6 is 0 Å². The summed E-state index contributed by atoms with van der Waals surface area (Å²) in [6.45, 7) is 10.4. The first kappa shape index (κ1) is 93.8. The largest absolute Gasteiger partial charge is 0.419 e. The van der Waals surface area contributed by atoms with Crippen LogP contribution in [0.5, 0.6) is 0 Å². The van der Waals surface area contributed by atoms with Gasteiger partial charge in [0.25, 0.3) is 23.6 Å². The number of hydrogen-bond acceptors (Lipinski definition) is 30. The third kappa shape index (κ3) is 19.4. The SMILES string of the molecule is CC(c1ccc(-c2cnc(N)nc2)cc1)(c1noc(-c2cnn(C3COC3)c2)n1)C1CCC1.CN(C)C(=O)Cn1cc(-c2nc(C(C)(c3ccc(-c4cnc(N)c(C(F)(F)F)c4)cc3)C3CC3)no2)cn1.CN(C)C(=O)Cn1cc(-c2nc(C(C)(c3ccc(-c4cnc5[nH]ccc5n4)cc3)C3CC3)no2)cn1.CNC(=O)Cn1cc(-c2nc(C(C)(c3ccc(-c4cnc(N)nc4)cc3)C3CCC3)no2)cn1. The first-order chi connectivity index (χ1) is 68.0. The van der Waals surface area contributed by atoms with E-state index in [1.807, 2.05) is 42.2 Å². The van der Waals surface area contributed by atoms with Gasteiger partial charge in [0, 0.05) is 119 Å². The van der Waals surface area contributed by atoms with Crippen LogP contribution in [0.4, 0.5) is 30.9 Å². The van der Waals surface area contributed by atoms with Crippen molar-refractivity contribution in [2.24, 2.45) is 23.7 Å². The number of carbonyl (C=O) groups excluding carboxylic acids is 3. The number of nitrogens with two attached hydrogens (primary N) is 3. The summed E-state index contributed by atoms with van der Waals surface area (Å²) in [5, 5.41) is 37.2. The number of alkyl halides is 3. The molecule has 4 aromatic carbocycles. The molecule has 22 rings (SSSR count). The van der Waals surface area contributed by atoms with Crippen molar-refractivity contribution in [1.29, 1.82) is 0 Å². The molecule has 5 aliphatic rings. The van der Waals surface area contributed by atoms with Gasteiger partial charge in [0.2, 0.25) is 29.6 Å². The Morgan fingerprint density at radius 3 is 1.13 bits per heavy atom. The van der Waals surface area contributed by atoms with E-state index in [-0.39, 0.29) is 72.0 Å². The zero-order valence-electron chi connectivity index (χ0n) is 78.9. The van der Waals surface area contributed by atoms with Crippen molar-refractivity contribution in [3.05, 3.63) is 253 Å². The maximum Gasteiger partial charge on any atom is 0.419 e. The highest BCUT2D eigenvalue weighted by atomic mass is 19.4. The number of amides is 3. The van der Waals surface area contributed by atoms with E-state index in [4.69, 9.17) is 60.0 Å². The van der Waals surface area contributed by atoms with Crippen molar-refractivity contribution in [3.63, 3.8) is 0 Å². The lowest BCUT2D eigenvalue weighted by molar-refractivity contribution is -0.137. The van der Waals surface area contributed by atoms with E-state index in [2.05, 4.69) is 180 Å². The molecule has 8 N–H and O–H groups in total. The summed E-state index contributed by atoms with van der Waals surface area (Å²) < 4.78 is 74.3. The Morgan fingerprint density at radius 1 is 0.418 bits per heavy atom. The number of aromatic amines is 1. The van der Waals surface area contributed by atoms with Crippen molar-refractivity contribution in [1.82, 2.24) is 135 Å². The molecule has 38 nitrogen and oxygen atoms in total. The molecule has 141 heavy (non-hydrogen) atoms. The molecule has 4 atom stereocenters. The summed E-state index contributed by atoms with van der Waals surface area (Å²) in [6.07, 6.45) is 32.2. The fourth-order valence-corrected chi connectivity index (χ4v) is 18.0. The Hall–Kier alpha value is -16.2. The number of ether oxygens (including phenoxy) is 1. The summed E-state index contributed by atoms with van der Waals surface area (Å²) in [6, 6.07) is 35.7. The van der Waals surface area contributed by atoms with Crippen LogP contribution in [0.25, 0.3) is 102 Å². The Bertz CT molecular complexity index is 7290. The van der Waals surface area contributed by atoms with Gasteiger partial charge in [0.05, 0.1) is 105 Å². The Kier molecular flexibility index (Phi) is 25.7. The molecule has 0 spiro atoms. The van der Waals surface area contributed by atoms with E-state index in [9.17, 15) is 27.6 Å². The predicted molar refractivity (Wildman–Crippen MR) is 512 cm³/mol. The average molecular weight is 1910 g/mol. The molecule has 722 valence electrons. The highest BCUT2D eigenvalue weighted by molar-refractivity contribution is 5.78. The molecular weight excluding hydrogens is 1810 g/mol. The van der Waals surface area contributed by atoms with Gasteiger partial charge in [-0.05, 0) is 154 Å². The van der Waals surface area contributed by atoms with Crippen LogP contribution in [0.2, 0.25) is 0 Å². The molecule has 4 saturated carbocycles. The van der Waals surface area contributed by atoms with E-state index in [1.165, 1.54) is 39.1 Å². The van der Waals surface area contributed by atoms with Gasteiger partial charge in [-0.1, -0.05) is 131 Å². The third-order valence-electron chi connectivity index (χ3n) is 27.9. The summed E-state index contributed by atoms with van der Waals surface area (Å²) in [4.78, 5) is 90.0. The van der Waals surface area contributed by atoms with Gasteiger partial charge in [-0.3, -0.25) is 33.1 Å². The fourth-order valence-electron chi connectivity index (χ4n) is 18.0. The second kappa shape index (κ2) is 38.6. The van der Waals surface area contributed by atoms with Crippen molar-refractivity contribution < 1.29 is 50.4 Å². The van der Waals surface area contributed by atoms with Crippen molar-refractivity contribution in [3.8, 4) is 90.5 Å².